The average molecular weight is 352 g/mol. The summed E-state index contributed by atoms with van der Waals surface area (Å²) in [5.74, 6) is 0.0848. The van der Waals surface area contributed by atoms with Crippen molar-refractivity contribution in [1.29, 1.82) is 0 Å². The number of piperazine rings is 1. The molecule has 4 nitrogen and oxygen atoms in total. The van der Waals surface area contributed by atoms with Crippen molar-refractivity contribution in [1.82, 2.24) is 4.90 Å². The number of hydrogen-bond acceptors (Lipinski definition) is 3. The van der Waals surface area contributed by atoms with Crippen LogP contribution in [0.15, 0.2) is 48.5 Å². The highest BCUT2D eigenvalue weighted by Gasteiger charge is 2.26. The minimum Gasteiger partial charge on any atom is -0.368 e. The Labute approximate surface area is 156 Å². The van der Waals surface area contributed by atoms with Crippen molar-refractivity contribution in [2.75, 3.05) is 31.1 Å². The summed E-state index contributed by atoms with van der Waals surface area (Å²) < 4.78 is 5.78. The van der Waals surface area contributed by atoms with Crippen molar-refractivity contribution < 1.29 is 9.53 Å². The van der Waals surface area contributed by atoms with Gasteiger partial charge in [0.15, 0.2) is 0 Å². The maximum Gasteiger partial charge on any atom is 0.251 e. The van der Waals surface area contributed by atoms with Gasteiger partial charge in [0.1, 0.15) is 6.10 Å². The molecule has 0 spiro atoms. The highest BCUT2D eigenvalue weighted by molar-refractivity contribution is 5.80. The lowest BCUT2D eigenvalue weighted by Crippen LogP contribution is -2.51. The van der Waals surface area contributed by atoms with Crippen molar-refractivity contribution in [3.8, 4) is 0 Å². The van der Waals surface area contributed by atoms with E-state index in [1.165, 1.54) is 16.8 Å². The second-order valence-corrected chi connectivity index (χ2v) is 6.97. The summed E-state index contributed by atoms with van der Waals surface area (Å²) in [5, 5.41) is 0. The van der Waals surface area contributed by atoms with E-state index in [-0.39, 0.29) is 5.91 Å². The predicted octanol–water partition coefficient (Wildman–Crippen LogP) is 3.56. The number of carbonyl (C=O) groups is 1. The molecule has 0 radical (unpaired) electrons. The topological polar surface area (TPSA) is 32.8 Å². The maximum atomic E-state index is 12.7. The van der Waals surface area contributed by atoms with E-state index in [9.17, 15) is 4.79 Å². The molecule has 0 bridgehead atoms. The van der Waals surface area contributed by atoms with Crippen molar-refractivity contribution in [3.63, 3.8) is 0 Å². The van der Waals surface area contributed by atoms with Crippen LogP contribution >= 0.6 is 0 Å². The third-order valence-electron chi connectivity index (χ3n) is 5.20. The number of hydrogen-bond donors (Lipinski definition) is 0. The lowest BCUT2D eigenvalue weighted by Gasteiger charge is -2.38. The summed E-state index contributed by atoms with van der Waals surface area (Å²) >= 11 is 0. The van der Waals surface area contributed by atoms with Crippen LogP contribution in [0.1, 0.15) is 23.6 Å². The third kappa shape index (κ3) is 4.25. The molecule has 26 heavy (non-hydrogen) atoms. The first kappa shape index (κ1) is 18.5. The molecule has 1 fully saturated rings. The molecule has 2 aromatic carbocycles. The maximum absolute atomic E-state index is 12.7. The summed E-state index contributed by atoms with van der Waals surface area (Å²) in [6.07, 6.45) is -0.414. The Balaban J connectivity index is 1.52. The molecule has 1 atom stereocenters. The Morgan fingerprint density at radius 3 is 2.38 bits per heavy atom. The van der Waals surface area contributed by atoms with Crippen LogP contribution in [0.2, 0.25) is 0 Å². The SMILES string of the molecule is Cc1cccc(N2CCN(C(=O)C(C)OCc3ccccc3)CC2)c1C. The molecule has 0 aliphatic carbocycles. The summed E-state index contributed by atoms with van der Waals surface area (Å²) in [5.41, 5.74) is 5.01. The van der Waals surface area contributed by atoms with Crippen molar-refractivity contribution in [2.24, 2.45) is 0 Å². The van der Waals surface area contributed by atoms with Gasteiger partial charge >= 0.3 is 0 Å². The minimum atomic E-state index is -0.414. The standard InChI is InChI=1S/C22H28N2O2/c1-17-8-7-11-21(18(17)2)23-12-14-24(15-13-23)22(25)19(3)26-16-20-9-5-4-6-10-20/h4-11,19H,12-16H2,1-3H3. The number of aryl methyl sites for hydroxylation is 1. The predicted molar refractivity (Wildman–Crippen MR) is 105 cm³/mol. The molecule has 1 amide bonds. The molecular weight excluding hydrogens is 324 g/mol. The van der Waals surface area contributed by atoms with Crippen LogP contribution < -0.4 is 4.90 Å². The molecule has 0 saturated carbocycles. The Morgan fingerprint density at radius 1 is 1.00 bits per heavy atom. The number of nitrogens with zero attached hydrogens (tertiary/aromatic N) is 2. The van der Waals surface area contributed by atoms with E-state index < -0.39 is 6.10 Å². The Bertz CT molecular complexity index is 737. The first-order valence-electron chi connectivity index (χ1n) is 9.31. The first-order chi connectivity index (χ1) is 12.6. The van der Waals surface area contributed by atoms with Gasteiger partial charge in [-0.25, -0.2) is 0 Å². The fourth-order valence-electron chi connectivity index (χ4n) is 3.37. The lowest BCUT2D eigenvalue weighted by molar-refractivity contribution is -0.143. The van der Waals surface area contributed by atoms with E-state index >= 15 is 0 Å². The van der Waals surface area contributed by atoms with Gasteiger partial charge in [0.05, 0.1) is 6.61 Å². The Morgan fingerprint density at radius 2 is 1.69 bits per heavy atom. The van der Waals surface area contributed by atoms with Crippen molar-refractivity contribution >= 4 is 11.6 Å². The van der Waals surface area contributed by atoms with Gasteiger partial charge in [-0.05, 0) is 43.5 Å². The van der Waals surface area contributed by atoms with Gasteiger partial charge in [0.25, 0.3) is 5.91 Å². The van der Waals surface area contributed by atoms with E-state index in [4.69, 9.17) is 4.74 Å². The van der Waals surface area contributed by atoms with Gasteiger partial charge < -0.3 is 14.5 Å². The number of rotatable bonds is 5. The van der Waals surface area contributed by atoms with Gasteiger partial charge in [0, 0.05) is 31.9 Å². The van der Waals surface area contributed by atoms with Gasteiger partial charge in [-0.15, -0.1) is 0 Å². The van der Waals surface area contributed by atoms with Gasteiger partial charge in [-0.1, -0.05) is 42.5 Å². The number of carbonyl (C=O) groups excluding carboxylic acids is 1. The molecule has 1 heterocycles. The quantitative estimate of drug-likeness (QED) is 0.825. The number of anilines is 1. The Hall–Kier alpha value is -2.33. The van der Waals surface area contributed by atoms with Gasteiger partial charge in [-0.2, -0.15) is 0 Å². The molecular formula is C22H28N2O2. The molecule has 3 rings (SSSR count). The van der Waals surface area contributed by atoms with E-state index in [2.05, 4.69) is 36.9 Å². The third-order valence-corrected chi connectivity index (χ3v) is 5.20. The van der Waals surface area contributed by atoms with Gasteiger partial charge in [-0.3, -0.25) is 4.79 Å². The smallest absolute Gasteiger partial charge is 0.251 e. The van der Waals surface area contributed by atoms with Crippen LogP contribution in [0.4, 0.5) is 5.69 Å². The largest absolute Gasteiger partial charge is 0.368 e. The second kappa shape index (κ2) is 8.37. The second-order valence-electron chi connectivity index (χ2n) is 6.97. The van der Waals surface area contributed by atoms with Crippen molar-refractivity contribution in [3.05, 3.63) is 65.2 Å². The lowest BCUT2D eigenvalue weighted by atomic mass is 10.1. The number of ether oxygens (including phenoxy) is 1. The molecule has 2 aromatic rings. The normalized spacial score (nSPS) is 15.8. The molecule has 1 unspecified atom stereocenters. The van der Waals surface area contributed by atoms with Crippen LogP contribution in [0, 0.1) is 13.8 Å². The van der Waals surface area contributed by atoms with Crippen LogP contribution in [0.5, 0.6) is 0 Å². The summed E-state index contributed by atoms with van der Waals surface area (Å²) in [7, 11) is 0. The van der Waals surface area contributed by atoms with Gasteiger partial charge in [0.2, 0.25) is 0 Å². The first-order valence-corrected chi connectivity index (χ1v) is 9.31. The highest BCUT2D eigenvalue weighted by Crippen LogP contribution is 2.24. The summed E-state index contributed by atoms with van der Waals surface area (Å²) in [6, 6.07) is 16.4. The molecule has 1 aliphatic rings. The summed E-state index contributed by atoms with van der Waals surface area (Å²) in [6.45, 7) is 9.84. The van der Waals surface area contributed by atoms with Crippen LogP contribution in [0.25, 0.3) is 0 Å². The molecule has 0 N–H and O–H groups in total. The number of amides is 1. The van der Waals surface area contributed by atoms with E-state index in [1.807, 2.05) is 42.2 Å². The molecule has 0 aromatic heterocycles. The zero-order valence-electron chi connectivity index (χ0n) is 15.9. The molecule has 138 valence electrons. The zero-order valence-corrected chi connectivity index (χ0v) is 15.9. The van der Waals surface area contributed by atoms with E-state index in [0.29, 0.717) is 6.61 Å². The van der Waals surface area contributed by atoms with Crippen LogP contribution in [0.3, 0.4) is 0 Å². The van der Waals surface area contributed by atoms with Crippen molar-refractivity contribution in [2.45, 2.75) is 33.5 Å². The van der Waals surface area contributed by atoms with E-state index in [0.717, 1.165) is 31.7 Å². The van der Waals surface area contributed by atoms with Crippen LogP contribution in [-0.2, 0) is 16.1 Å². The summed E-state index contributed by atoms with van der Waals surface area (Å²) in [4.78, 5) is 17.0. The fraction of sp³-hybridized carbons (Fsp3) is 0.409. The number of benzene rings is 2. The monoisotopic (exact) mass is 352 g/mol. The Kier molecular flexibility index (Phi) is 5.94. The molecule has 4 heteroatoms. The van der Waals surface area contributed by atoms with E-state index in [1.54, 1.807) is 0 Å². The fourth-order valence-corrected chi connectivity index (χ4v) is 3.37. The highest BCUT2D eigenvalue weighted by atomic mass is 16.5. The van der Waals surface area contributed by atoms with Crippen LogP contribution in [-0.4, -0.2) is 43.1 Å². The molecule has 1 aliphatic heterocycles. The molecule has 1 saturated heterocycles. The minimum absolute atomic E-state index is 0.0848. The average Bonchev–Trinajstić information content (AvgIpc) is 2.68. The zero-order chi connectivity index (χ0) is 18.5.